The van der Waals surface area contributed by atoms with Gasteiger partial charge in [0, 0.05) is 12.2 Å². The second kappa shape index (κ2) is 4.91. The van der Waals surface area contributed by atoms with Crippen LogP contribution in [0.2, 0.25) is 0 Å². The van der Waals surface area contributed by atoms with Crippen molar-refractivity contribution in [1.29, 1.82) is 0 Å². The predicted octanol–water partition coefficient (Wildman–Crippen LogP) is 2.91. The Morgan fingerprint density at radius 1 is 1.39 bits per heavy atom. The normalized spacial score (nSPS) is 10.6. The number of carboxylic acids is 1. The third kappa shape index (κ3) is 2.51. The molecule has 0 aliphatic heterocycles. The molecular formula is C13H15N3O2. The number of hydrogen-bond donors (Lipinski definition) is 2. The smallest absolute Gasteiger partial charge is 0.337 e. The number of hydrogen-bond acceptors (Lipinski definition) is 3. The molecule has 1 aromatic carbocycles. The van der Waals surface area contributed by atoms with Gasteiger partial charge in [-0.05, 0) is 26.0 Å². The van der Waals surface area contributed by atoms with Crippen molar-refractivity contribution in [2.24, 2.45) is 0 Å². The van der Waals surface area contributed by atoms with Gasteiger partial charge in [0.05, 0.1) is 23.1 Å². The molecule has 94 valence electrons. The van der Waals surface area contributed by atoms with Gasteiger partial charge >= 0.3 is 5.97 Å². The van der Waals surface area contributed by atoms with Crippen LogP contribution in [-0.2, 0) is 0 Å². The lowest BCUT2D eigenvalue weighted by molar-refractivity contribution is 0.0698. The molecule has 0 saturated heterocycles. The molecule has 5 heteroatoms. The summed E-state index contributed by atoms with van der Waals surface area (Å²) >= 11 is 0. The highest BCUT2D eigenvalue weighted by molar-refractivity contribution is 5.95. The van der Waals surface area contributed by atoms with Crippen molar-refractivity contribution in [2.45, 2.75) is 19.9 Å². The second-order valence-electron chi connectivity index (χ2n) is 4.28. The highest BCUT2D eigenvalue weighted by atomic mass is 16.4. The molecule has 1 aromatic heterocycles. The van der Waals surface area contributed by atoms with Gasteiger partial charge in [-0.3, -0.25) is 4.68 Å². The first kappa shape index (κ1) is 12.2. The number of nitrogens with zero attached hydrogens (tertiary/aromatic N) is 2. The Kier molecular flexibility index (Phi) is 3.32. The average Bonchev–Trinajstić information content (AvgIpc) is 2.78. The van der Waals surface area contributed by atoms with E-state index in [4.69, 9.17) is 5.11 Å². The first-order chi connectivity index (χ1) is 8.58. The van der Waals surface area contributed by atoms with Gasteiger partial charge in [-0.2, -0.15) is 5.10 Å². The minimum atomic E-state index is -0.950. The Bertz CT molecular complexity index is 561. The fraction of sp³-hybridized carbons (Fsp3) is 0.231. The maximum atomic E-state index is 11.1. The Morgan fingerprint density at radius 3 is 2.72 bits per heavy atom. The third-order valence-electron chi connectivity index (χ3n) is 2.57. The number of benzene rings is 1. The van der Waals surface area contributed by atoms with Gasteiger partial charge in [0.25, 0.3) is 0 Å². The zero-order valence-electron chi connectivity index (χ0n) is 10.3. The van der Waals surface area contributed by atoms with Gasteiger partial charge in [-0.1, -0.05) is 12.1 Å². The van der Waals surface area contributed by atoms with E-state index in [1.807, 2.05) is 24.7 Å². The maximum Gasteiger partial charge on any atom is 0.337 e. The molecule has 0 aliphatic rings. The van der Waals surface area contributed by atoms with Crippen molar-refractivity contribution >= 4 is 17.3 Å². The molecule has 0 bridgehead atoms. The number of carboxylic acid groups (broad SMARTS) is 1. The van der Waals surface area contributed by atoms with E-state index in [1.54, 1.807) is 30.5 Å². The monoisotopic (exact) mass is 245 g/mol. The molecule has 2 rings (SSSR count). The summed E-state index contributed by atoms with van der Waals surface area (Å²) in [6, 6.07) is 7.07. The molecule has 18 heavy (non-hydrogen) atoms. The molecule has 0 unspecified atom stereocenters. The van der Waals surface area contributed by atoms with Crippen LogP contribution in [-0.4, -0.2) is 20.9 Å². The lowest BCUT2D eigenvalue weighted by Crippen LogP contribution is -2.02. The first-order valence-electron chi connectivity index (χ1n) is 5.71. The summed E-state index contributed by atoms with van der Waals surface area (Å²) in [4.78, 5) is 11.1. The molecule has 0 aliphatic carbocycles. The minimum Gasteiger partial charge on any atom is -0.478 e. The maximum absolute atomic E-state index is 11.1. The average molecular weight is 245 g/mol. The van der Waals surface area contributed by atoms with Crippen LogP contribution < -0.4 is 5.32 Å². The van der Waals surface area contributed by atoms with Gasteiger partial charge in [0.1, 0.15) is 0 Å². The summed E-state index contributed by atoms with van der Waals surface area (Å²) < 4.78 is 1.81. The summed E-state index contributed by atoms with van der Waals surface area (Å²) in [5, 5.41) is 16.3. The molecule has 0 saturated carbocycles. The number of carbonyl (C=O) groups is 1. The summed E-state index contributed by atoms with van der Waals surface area (Å²) in [5.41, 5.74) is 1.58. The van der Waals surface area contributed by atoms with Crippen molar-refractivity contribution in [3.63, 3.8) is 0 Å². The Balaban J connectivity index is 2.25. The first-order valence-corrected chi connectivity index (χ1v) is 5.71. The molecule has 2 aromatic rings. The second-order valence-corrected chi connectivity index (χ2v) is 4.28. The minimum absolute atomic E-state index is 0.245. The Hall–Kier alpha value is -2.30. The number of para-hydroxylation sites is 1. The van der Waals surface area contributed by atoms with E-state index in [0.29, 0.717) is 5.69 Å². The Labute approximate surface area is 105 Å². The predicted molar refractivity (Wildman–Crippen MR) is 69.3 cm³/mol. The molecule has 1 heterocycles. The van der Waals surface area contributed by atoms with Gasteiger partial charge in [-0.15, -0.1) is 0 Å². The van der Waals surface area contributed by atoms with Gasteiger partial charge in [0.2, 0.25) is 0 Å². The van der Waals surface area contributed by atoms with Crippen molar-refractivity contribution in [3.8, 4) is 0 Å². The zero-order valence-corrected chi connectivity index (χ0v) is 10.3. The van der Waals surface area contributed by atoms with E-state index in [2.05, 4.69) is 10.4 Å². The highest BCUT2D eigenvalue weighted by Gasteiger charge is 2.10. The summed E-state index contributed by atoms with van der Waals surface area (Å²) in [6.45, 7) is 4.06. The third-order valence-corrected chi connectivity index (χ3v) is 2.57. The molecule has 0 fully saturated rings. The molecule has 0 atom stereocenters. The van der Waals surface area contributed by atoms with E-state index in [1.165, 1.54) is 0 Å². The lowest BCUT2D eigenvalue weighted by Gasteiger charge is -2.07. The van der Waals surface area contributed by atoms with E-state index in [0.717, 1.165) is 5.69 Å². The zero-order chi connectivity index (χ0) is 13.1. The van der Waals surface area contributed by atoms with Gasteiger partial charge < -0.3 is 10.4 Å². The molecule has 5 nitrogen and oxygen atoms in total. The van der Waals surface area contributed by atoms with E-state index in [9.17, 15) is 4.79 Å². The fourth-order valence-electron chi connectivity index (χ4n) is 1.62. The number of aromatic nitrogens is 2. The van der Waals surface area contributed by atoms with Crippen LogP contribution in [0.15, 0.2) is 36.7 Å². The van der Waals surface area contributed by atoms with Crippen LogP contribution in [0.5, 0.6) is 0 Å². The van der Waals surface area contributed by atoms with E-state index >= 15 is 0 Å². The topological polar surface area (TPSA) is 67.2 Å². The number of aromatic carboxylic acids is 1. The van der Waals surface area contributed by atoms with Gasteiger partial charge in [0.15, 0.2) is 0 Å². The van der Waals surface area contributed by atoms with Crippen LogP contribution >= 0.6 is 0 Å². The number of rotatable bonds is 4. The van der Waals surface area contributed by atoms with E-state index < -0.39 is 5.97 Å². The fourth-order valence-corrected chi connectivity index (χ4v) is 1.62. The largest absolute Gasteiger partial charge is 0.478 e. The number of anilines is 2. The van der Waals surface area contributed by atoms with E-state index in [-0.39, 0.29) is 11.6 Å². The summed E-state index contributed by atoms with van der Waals surface area (Å²) in [7, 11) is 0. The van der Waals surface area contributed by atoms with Crippen molar-refractivity contribution < 1.29 is 9.90 Å². The highest BCUT2D eigenvalue weighted by Crippen LogP contribution is 2.21. The molecular weight excluding hydrogens is 230 g/mol. The quantitative estimate of drug-likeness (QED) is 0.869. The molecule has 0 amide bonds. The van der Waals surface area contributed by atoms with Crippen LogP contribution in [0.1, 0.15) is 30.2 Å². The SMILES string of the molecule is CC(C)n1cc(Nc2ccccc2C(=O)O)cn1. The number of nitrogens with one attached hydrogen (secondary N) is 1. The Morgan fingerprint density at radius 2 is 2.11 bits per heavy atom. The summed E-state index contributed by atoms with van der Waals surface area (Å²) in [6.07, 6.45) is 3.53. The van der Waals surface area contributed by atoms with Crippen molar-refractivity contribution in [2.75, 3.05) is 5.32 Å². The summed E-state index contributed by atoms with van der Waals surface area (Å²) in [5.74, 6) is -0.950. The molecule has 2 N–H and O–H groups in total. The van der Waals surface area contributed by atoms with Crippen molar-refractivity contribution in [3.05, 3.63) is 42.2 Å². The van der Waals surface area contributed by atoms with Crippen LogP contribution in [0.25, 0.3) is 0 Å². The van der Waals surface area contributed by atoms with Crippen LogP contribution in [0, 0.1) is 0 Å². The van der Waals surface area contributed by atoms with Gasteiger partial charge in [-0.25, -0.2) is 4.79 Å². The lowest BCUT2D eigenvalue weighted by atomic mass is 10.2. The standard InChI is InChI=1S/C13H15N3O2/c1-9(2)16-8-10(7-14-16)15-12-6-4-3-5-11(12)13(17)18/h3-9,15H,1-2H3,(H,17,18). The van der Waals surface area contributed by atoms with Crippen LogP contribution in [0.4, 0.5) is 11.4 Å². The molecule has 0 spiro atoms. The van der Waals surface area contributed by atoms with Crippen LogP contribution in [0.3, 0.4) is 0 Å². The van der Waals surface area contributed by atoms with Crippen molar-refractivity contribution in [1.82, 2.24) is 9.78 Å². The molecule has 0 radical (unpaired) electrons.